The van der Waals surface area contributed by atoms with E-state index in [2.05, 4.69) is 41.2 Å². The van der Waals surface area contributed by atoms with E-state index < -0.39 is 0 Å². The highest BCUT2D eigenvalue weighted by molar-refractivity contribution is 5.79. The molecule has 0 bridgehead atoms. The van der Waals surface area contributed by atoms with Crippen LogP contribution in [0.4, 0.5) is 0 Å². The van der Waals surface area contributed by atoms with Gasteiger partial charge in [0.25, 0.3) is 0 Å². The molecule has 0 radical (unpaired) electrons. The molecule has 1 aromatic rings. The first-order valence-corrected chi connectivity index (χ1v) is 4.44. The van der Waals surface area contributed by atoms with Gasteiger partial charge in [0.2, 0.25) is 0 Å². The second-order valence-electron chi connectivity index (χ2n) is 3.30. The molecule has 1 aromatic carbocycles. The first-order chi connectivity index (χ1) is 6.36. The van der Waals surface area contributed by atoms with Gasteiger partial charge in [-0.15, -0.1) is 0 Å². The molecule has 1 heterocycles. The van der Waals surface area contributed by atoms with E-state index in [1.807, 2.05) is 6.21 Å². The van der Waals surface area contributed by atoms with Gasteiger partial charge in [-0.25, -0.2) is 4.99 Å². The molecule has 1 atom stereocenters. The fourth-order valence-electron chi connectivity index (χ4n) is 1.40. The van der Waals surface area contributed by atoms with Gasteiger partial charge in [0.05, 0.1) is 6.54 Å². The van der Waals surface area contributed by atoms with Crippen LogP contribution in [0.5, 0.6) is 0 Å². The van der Waals surface area contributed by atoms with Crippen LogP contribution in [0.25, 0.3) is 0 Å². The van der Waals surface area contributed by atoms with E-state index in [1.54, 1.807) is 6.34 Å². The Morgan fingerprint density at radius 2 is 2.00 bits per heavy atom. The number of aliphatic imine (C=N–C) groups is 2. The third-order valence-electron chi connectivity index (χ3n) is 2.22. The minimum Gasteiger partial charge on any atom is -0.272 e. The molecule has 0 saturated carbocycles. The Labute approximate surface area is 78.0 Å². The Bertz CT molecular complexity index is 336. The number of aryl methyl sites for hydroxylation is 1. The molecule has 1 aliphatic rings. The maximum Gasteiger partial charge on any atom is 0.109 e. The van der Waals surface area contributed by atoms with E-state index >= 15 is 0 Å². The van der Waals surface area contributed by atoms with Crippen molar-refractivity contribution in [3.8, 4) is 0 Å². The summed E-state index contributed by atoms with van der Waals surface area (Å²) < 4.78 is 0. The highest BCUT2D eigenvalue weighted by Crippen LogP contribution is 2.16. The van der Waals surface area contributed by atoms with Crippen molar-refractivity contribution in [2.45, 2.75) is 12.8 Å². The summed E-state index contributed by atoms with van der Waals surface area (Å²) in [4.78, 5) is 8.18. The van der Waals surface area contributed by atoms with E-state index in [0.29, 0.717) is 5.92 Å². The van der Waals surface area contributed by atoms with E-state index in [-0.39, 0.29) is 0 Å². The van der Waals surface area contributed by atoms with Gasteiger partial charge in [0.15, 0.2) is 0 Å². The third-order valence-corrected chi connectivity index (χ3v) is 2.22. The minimum atomic E-state index is 0.366. The summed E-state index contributed by atoms with van der Waals surface area (Å²) in [5.41, 5.74) is 2.59. The SMILES string of the molecule is Cc1ccc(C2C=NC=NC2)cc1. The van der Waals surface area contributed by atoms with Gasteiger partial charge >= 0.3 is 0 Å². The van der Waals surface area contributed by atoms with Crippen molar-refractivity contribution in [1.29, 1.82) is 0 Å². The van der Waals surface area contributed by atoms with Gasteiger partial charge in [-0.2, -0.15) is 0 Å². The summed E-state index contributed by atoms with van der Waals surface area (Å²) in [6.07, 6.45) is 3.57. The molecule has 2 nitrogen and oxygen atoms in total. The van der Waals surface area contributed by atoms with Crippen molar-refractivity contribution in [3.63, 3.8) is 0 Å². The normalized spacial score (nSPS) is 20.5. The summed E-state index contributed by atoms with van der Waals surface area (Å²) in [6.45, 7) is 2.92. The monoisotopic (exact) mass is 172 g/mol. The number of hydrogen-bond donors (Lipinski definition) is 0. The number of hydrogen-bond acceptors (Lipinski definition) is 2. The second-order valence-corrected chi connectivity index (χ2v) is 3.30. The fourth-order valence-corrected chi connectivity index (χ4v) is 1.40. The van der Waals surface area contributed by atoms with Crippen LogP contribution in [0.1, 0.15) is 17.0 Å². The van der Waals surface area contributed by atoms with E-state index in [0.717, 1.165) is 6.54 Å². The lowest BCUT2D eigenvalue weighted by Crippen LogP contribution is -2.07. The minimum absolute atomic E-state index is 0.366. The Morgan fingerprint density at radius 3 is 2.62 bits per heavy atom. The average molecular weight is 172 g/mol. The molecule has 2 heteroatoms. The molecule has 0 fully saturated rings. The van der Waals surface area contributed by atoms with Crippen LogP contribution in [-0.2, 0) is 0 Å². The molecule has 2 rings (SSSR count). The predicted molar refractivity (Wildman–Crippen MR) is 55.8 cm³/mol. The van der Waals surface area contributed by atoms with Crippen LogP contribution in [0.3, 0.4) is 0 Å². The first kappa shape index (κ1) is 8.17. The van der Waals surface area contributed by atoms with Gasteiger partial charge < -0.3 is 0 Å². The summed E-state index contributed by atoms with van der Waals surface area (Å²) in [6, 6.07) is 8.54. The molecule has 66 valence electrons. The van der Waals surface area contributed by atoms with E-state index in [4.69, 9.17) is 0 Å². The lowest BCUT2D eigenvalue weighted by Gasteiger charge is -2.11. The maximum absolute atomic E-state index is 4.13. The Hall–Kier alpha value is -1.44. The molecular formula is C11H12N2. The molecule has 0 aliphatic carbocycles. The quantitative estimate of drug-likeness (QED) is 0.620. The van der Waals surface area contributed by atoms with Crippen LogP contribution in [0.2, 0.25) is 0 Å². The summed E-state index contributed by atoms with van der Waals surface area (Å²) in [5, 5.41) is 0. The molecule has 0 aromatic heterocycles. The van der Waals surface area contributed by atoms with Gasteiger partial charge in [-0.05, 0) is 12.5 Å². The first-order valence-electron chi connectivity index (χ1n) is 4.44. The van der Waals surface area contributed by atoms with Crippen molar-refractivity contribution in [1.82, 2.24) is 0 Å². The smallest absolute Gasteiger partial charge is 0.109 e. The largest absolute Gasteiger partial charge is 0.272 e. The fraction of sp³-hybridized carbons (Fsp3) is 0.273. The molecule has 0 N–H and O–H groups in total. The molecule has 13 heavy (non-hydrogen) atoms. The van der Waals surface area contributed by atoms with Gasteiger partial charge in [-0.3, -0.25) is 4.99 Å². The van der Waals surface area contributed by atoms with Crippen molar-refractivity contribution in [3.05, 3.63) is 35.4 Å². The van der Waals surface area contributed by atoms with Crippen LogP contribution in [-0.4, -0.2) is 19.1 Å². The zero-order chi connectivity index (χ0) is 9.10. The van der Waals surface area contributed by atoms with Crippen LogP contribution in [0.15, 0.2) is 34.3 Å². The van der Waals surface area contributed by atoms with Crippen LogP contribution in [0, 0.1) is 6.92 Å². The number of benzene rings is 1. The molecule has 0 amide bonds. The highest BCUT2D eigenvalue weighted by atomic mass is 14.9. The second kappa shape index (κ2) is 3.52. The van der Waals surface area contributed by atoms with Crippen molar-refractivity contribution < 1.29 is 0 Å². The maximum atomic E-state index is 4.13. The molecule has 1 aliphatic heterocycles. The zero-order valence-electron chi connectivity index (χ0n) is 7.64. The van der Waals surface area contributed by atoms with E-state index in [1.165, 1.54) is 11.1 Å². The Balaban J connectivity index is 2.21. The Kier molecular flexibility index (Phi) is 2.21. The molecule has 0 spiro atoms. The lowest BCUT2D eigenvalue weighted by molar-refractivity contribution is 0.896. The summed E-state index contributed by atoms with van der Waals surface area (Å²) in [5.74, 6) is 0.366. The van der Waals surface area contributed by atoms with Crippen molar-refractivity contribution in [2.24, 2.45) is 9.98 Å². The van der Waals surface area contributed by atoms with Crippen molar-refractivity contribution in [2.75, 3.05) is 6.54 Å². The van der Waals surface area contributed by atoms with Crippen molar-refractivity contribution >= 4 is 12.6 Å². The summed E-state index contributed by atoms with van der Waals surface area (Å²) >= 11 is 0. The molecule has 0 saturated heterocycles. The molecular weight excluding hydrogens is 160 g/mol. The third kappa shape index (κ3) is 1.83. The summed E-state index contributed by atoms with van der Waals surface area (Å²) in [7, 11) is 0. The average Bonchev–Trinajstić information content (AvgIpc) is 2.20. The highest BCUT2D eigenvalue weighted by Gasteiger charge is 2.08. The van der Waals surface area contributed by atoms with E-state index in [9.17, 15) is 0 Å². The van der Waals surface area contributed by atoms with Crippen LogP contribution < -0.4 is 0 Å². The van der Waals surface area contributed by atoms with Gasteiger partial charge in [0.1, 0.15) is 6.34 Å². The van der Waals surface area contributed by atoms with Crippen LogP contribution >= 0.6 is 0 Å². The topological polar surface area (TPSA) is 24.7 Å². The standard InChI is InChI=1S/C11H12N2/c1-9-2-4-10(5-3-9)11-6-12-8-13-7-11/h2-6,8,11H,7H2,1H3. The zero-order valence-corrected chi connectivity index (χ0v) is 7.64. The van der Waals surface area contributed by atoms with Gasteiger partial charge in [-0.1, -0.05) is 29.8 Å². The van der Waals surface area contributed by atoms with Gasteiger partial charge in [0, 0.05) is 12.1 Å². The predicted octanol–water partition coefficient (Wildman–Crippen LogP) is 2.19. The lowest BCUT2D eigenvalue weighted by atomic mass is 9.99. The number of nitrogens with zero attached hydrogens (tertiary/aromatic N) is 2. The Morgan fingerprint density at radius 1 is 1.23 bits per heavy atom. The molecule has 1 unspecified atom stereocenters. The number of rotatable bonds is 1.